The van der Waals surface area contributed by atoms with E-state index in [0.29, 0.717) is 17.1 Å². The number of anilines is 2. The normalized spacial score (nSPS) is 23.3. The molecular weight excluding hydrogens is 224 g/mol. The van der Waals surface area contributed by atoms with Crippen LogP contribution in [0.5, 0.6) is 0 Å². The number of nitrogen functional groups attached to an aromatic ring is 1. The molecule has 0 radical (unpaired) electrons. The Morgan fingerprint density at radius 1 is 1.44 bits per heavy atom. The Hall–Kier alpha value is -1.76. The van der Waals surface area contributed by atoms with Gasteiger partial charge in [0.2, 0.25) is 0 Å². The highest BCUT2D eigenvalue weighted by Gasteiger charge is 2.18. The van der Waals surface area contributed by atoms with Gasteiger partial charge in [-0.25, -0.2) is 4.98 Å². The first-order chi connectivity index (χ1) is 8.69. The number of nitrogens with two attached hydrogens (primary N) is 1. The van der Waals surface area contributed by atoms with E-state index in [1.54, 1.807) is 12.3 Å². The van der Waals surface area contributed by atoms with Gasteiger partial charge in [0.25, 0.3) is 0 Å². The Kier molecular flexibility index (Phi) is 4.03. The van der Waals surface area contributed by atoms with Gasteiger partial charge in [-0.05, 0) is 30.7 Å². The van der Waals surface area contributed by atoms with E-state index < -0.39 is 0 Å². The third kappa shape index (κ3) is 3.13. The van der Waals surface area contributed by atoms with Crippen molar-refractivity contribution in [2.45, 2.75) is 32.6 Å². The molecule has 1 aromatic rings. The molecule has 0 bridgehead atoms. The Morgan fingerprint density at radius 3 is 2.78 bits per heavy atom. The summed E-state index contributed by atoms with van der Waals surface area (Å²) in [6, 6.07) is 3.70. The largest absolute Gasteiger partial charge is 0.396 e. The number of pyridine rings is 1. The van der Waals surface area contributed by atoms with E-state index in [-0.39, 0.29) is 0 Å². The molecule has 0 aromatic carbocycles. The summed E-state index contributed by atoms with van der Waals surface area (Å²) < 4.78 is 0. The third-order valence-corrected chi connectivity index (χ3v) is 3.74. The SMILES string of the molecule is CC1CCC(CNc2ncc(C#N)cc2N)CC1. The molecule has 1 aliphatic rings. The molecule has 1 aromatic heterocycles. The molecule has 0 aliphatic heterocycles. The predicted octanol–water partition coefficient (Wildman–Crippen LogP) is 2.77. The van der Waals surface area contributed by atoms with E-state index in [1.165, 1.54) is 25.7 Å². The van der Waals surface area contributed by atoms with Gasteiger partial charge < -0.3 is 11.1 Å². The minimum absolute atomic E-state index is 0.504. The Morgan fingerprint density at radius 2 is 2.17 bits per heavy atom. The molecule has 3 N–H and O–H groups in total. The first kappa shape index (κ1) is 12.7. The van der Waals surface area contributed by atoms with Crippen molar-refractivity contribution >= 4 is 11.5 Å². The average Bonchev–Trinajstić information content (AvgIpc) is 2.39. The quantitative estimate of drug-likeness (QED) is 0.857. The van der Waals surface area contributed by atoms with Crippen molar-refractivity contribution in [1.82, 2.24) is 4.98 Å². The lowest BCUT2D eigenvalue weighted by molar-refractivity contribution is 0.300. The molecule has 1 saturated carbocycles. The van der Waals surface area contributed by atoms with E-state index in [2.05, 4.69) is 17.2 Å². The molecule has 0 amide bonds. The van der Waals surface area contributed by atoms with Crippen LogP contribution in [-0.2, 0) is 0 Å². The van der Waals surface area contributed by atoms with Gasteiger partial charge in [0.05, 0.1) is 11.3 Å². The summed E-state index contributed by atoms with van der Waals surface area (Å²) in [5.41, 5.74) is 6.92. The first-order valence-electron chi connectivity index (χ1n) is 6.58. The summed E-state index contributed by atoms with van der Waals surface area (Å²) >= 11 is 0. The molecule has 96 valence electrons. The molecule has 0 saturated heterocycles. The molecule has 2 rings (SSSR count). The summed E-state index contributed by atoms with van der Waals surface area (Å²) in [6.45, 7) is 3.25. The van der Waals surface area contributed by atoms with Gasteiger partial charge >= 0.3 is 0 Å². The van der Waals surface area contributed by atoms with Gasteiger partial charge in [0, 0.05) is 12.7 Å². The zero-order valence-corrected chi connectivity index (χ0v) is 10.8. The van der Waals surface area contributed by atoms with Crippen LogP contribution >= 0.6 is 0 Å². The maximum absolute atomic E-state index is 8.75. The first-order valence-corrected chi connectivity index (χ1v) is 6.58. The van der Waals surface area contributed by atoms with Crippen LogP contribution in [0.3, 0.4) is 0 Å². The van der Waals surface area contributed by atoms with Crippen molar-refractivity contribution in [1.29, 1.82) is 5.26 Å². The second-order valence-corrected chi connectivity index (χ2v) is 5.28. The lowest BCUT2D eigenvalue weighted by atomic mass is 9.83. The number of rotatable bonds is 3. The molecular formula is C14H20N4. The van der Waals surface area contributed by atoms with Gasteiger partial charge in [-0.3, -0.25) is 0 Å². The van der Waals surface area contributed by atoms with Gasteiger partial charge in [-0.2, -0.15) is 5.26 Å². The van der Waals surface area contributed by atoms with Crippen LogP contribution in [-0.4, -0.2) is 11.5 Å². The van der Waals surface area contributed by atoms with Crippen molar-refractivity contribution < 1.29 is 0 Å². The van der Waals surface area contributed by atoms with Gasteiger partial charge in [0.1, 0.15) is 11.9 Å². The van der Waals surface area contributed by atoms with Crippen molar-refractivity contribution in [3.8, 4) is 6.07 Å². The highest BCUT2D eigenvalue weighted by Crippen LogP contribution is 2.28. The topological polar surface area (TPSA) is 74.7 Å². The number of hydrogen-bond acceptors (Lipinski definition) is 4. The molecule has 0 spiro atoms. The summed E-state index contributed by atoms with van der Waals surface area (Å²) in [5, 5.41) is 12.0. The second-order valence-electron chi connectivity index (χ2n) is 5.28. The van der Waals surface area contributed by atoms with Crippen LogP contribution in [0.25, 0.3) is 0 Å². The van der Waals surface area contributed by atoms with Crippen LogP contribution in [0.1, 0.15) is 38.2 Å². The number of nitriles is 1. The lowest BCUT2D eigenvalue weighted by Crippen LogP contribution is -2.21. The number of hydrogen-bond donors (Lipinski definition) is 2. The number of nitrogens with one attached hydrogen (secondary N) is 1. The van der Waals surface area contributed by atoms with Crippen molar-refractivity contribution in [3.63, 3.8) is 0 Å². The van der Waals surface area contributed by atoms with Gasteiger partial charge in [-0.1, -0.05) is 19.8 Å². The highest BCUT2D eigenvalue weighted by molar-refractivity contribution is 5.62. The van der Waals surface area contributed by atoms with Crippen LogP contribution in [0, 0.1) is 23.2 Å². The summed E-state index contributed by atoms with van der Waals surface area (Å²) in [4.78, 5) is 4.19. The summed E-state index contributed by atoms with van der Waals surface area (Å²) in [7, 11) is 0. The smallest absolute Gasteiger partial charge is 0.149 e. The van der Waals surface area contributed by atoms with Crippen LogP contribution in [0.4, 0.5) is 11.5 Å². The van der Waals surface area contributed by atoms with Crippen LogP contribution < -0.4 is 11.1 Å². The fourth-order valence-electron chi connectivity index (χ4n) is 2.46. The molecule has 1 aliphatic carbocycles. The zero-order valence-electron chi connectivity index (χ0n) is 10.8. The fourth-order valence-corrected chi connectivity index (χ4v) is 2.46. The lowest BCUT2D eigenvalue weighted by Gasteiger charge is -2.26. The number of nitrogens with zero attached hydrogens (tertiary/aromatic N) is 2. The van der Waals surface area contributed by atoms with E-state index in [0.717, 1.165) is 18.4 Å². The monoisotopic (exact) mass is 244 g/mol. The van der Waals surface area contributed by atoms with Crippen molar-refractivity contribution in [2.75, 3.05) is 17.6 Å². The molecule has 0 atom stereocenters. The maximum Gasteiger partial charge on any atom is 0.149 e. The molecule has 4 nitrogen and oxygen atoms in total. The minimum atomic E-state index is 0.504. The molecule has 1 fully saturated rings. The highest BCUT2D eigenvalue weighted by atomic mass is 15.0. The van der Waals surface area contributed by atoms with E-state index in [1.807, 2.05) is 6.07 Å². The van der Waals surface area contributed by atoms with E-state index >= 15 is 0 Å². The standard InChI is InChI=1S/C14H20N4/c1-10-2-4-11(5-3-10)8-17-14-13(16)6-12(7-15)9-18-14/h6,9-11H,2-5,8,16H2,1H3,(H,17,18). The van der Waals surface area contributed by atoms with E-state index in [9.17, 15) is 0 Å². The van der Waals surface area contributed by atoms with Gasteiger partial charge in [-0.15, -0.1) is 0 Å². The predicted molar refractivity (Wildman–Crippen MR) is 73.0 cm³/mol. The number of aromatic nitrogens is 1. The summed E-state index contributed by atoms with van der Waals surface area (Å²) in [5.74, 6) is 2.30. The van der Waals surface area contributed by atoms with Crippen molar-refractivity contribution in [3.05, 3.63) is 17.8 Å². The molecule has 4 heteroatoms. The average molecular weight is 244 g/mol. The fraction of sp³-hybridized carbons (Fsp3) is 0.571. The summed E-state index contributed by atoms with van der Waals surface area (Å²) in [6.07, 6.45) is 6.77. The molecule has 1 heterocycles. The Balaban J connectivity index is 1.89. The van der Waals surface area contributed by atoms with Crippen LogP contribution in [0.15, 0.2) is 12.3 Å². The maximum atomic E-state index is 8.75. The molecule has 18 heavy (non-hydrogen) atoms. The Labute approximate surface area is 108 Å². The third-order valence-electron chi connectivity index (χ3n) is 3.74. The Bertz CT molecular complexity index is 442. The van der Waals surface area contributed by atoms with E-state index in [4.69, 9.17) is 11.0 Å². The van der Waals surface area contributed by atoms with Crippen molar-refractivity contribution in [2.24, 2.45) is 11.8 Å². The second kappa shape index (κ2) is 5.72. The molecule has 0 unspecified atom stereocenters. The van der Waals surface area contributed by atoms with Gasteiger partial charge in [0.15, 0.2) is 0 Å². The van der Waals surface area contributed by atoms with Crippen LogP contribution in [0.2, 0.25) is 0 Å². The zero-order chi connectivity index (χ0) is 13.0. The minimum Gasteiger partial charge on any atom is -0.396 e.